The number of hydrogen-bond donors (Lipinski definition) is 1. The van der Waals surface area contributed by atoms with E-state index in [1.807, 2.05) is 51.1 Å². The number of nitrogens with zero attached hydrogens (tertiary/aromatic N) is 3. The van der Waals surface area contributed by atoms with Gasteiger partial charge in [-0.3, -0.25) is 4.68 Å². The van der Waals surface area contributed by atoms with E-state index in [0.29, 0.717) is 40.3 Å². The van der Waals surface area contributed by atoms with Crippen LogP contribution < -0.4 is 0 Å². The Labute approximate surface area is 250 Å². The lowest BCUT2D eigenvalue weighted by Gasteiger charge is -2.33. The molecular formula is C33H35Cl2N3O3. The second-order valence-corrected chi connectivity index (χ2v) is 13.1. The van der Waals surface area contributed by atoms with Crippen molar-refractivity contribution < 1.29 is 14.6 Å². The molecule has 2 fully saturated rings. The van der Waals surface area contributed by atoms with Crippen molar-refractivity contribution in [2.45, 2.75) is 69.6 Å². The van der Waals surface area contributed by atoms with E-state index in [1.54, 1.807) is 29.2 Å². The molecule has 214 valence electrons. The lowest BCUT2D eigenvalue weighted by molar-refractivity contribution is 0.0204. The number of aromatic nitrogens is 2. The van der Waals surface area contributed by atoms with E-state index in [1.165, 1.54) is 0 Å². The first kappa shape index (κ1) is 28.1. The number of rotatable bonds is 5. The SMILES string of the molecule is CC(C)(C)OC(=O)N1CCC(c2nn(C3CC3)c3ccc(C(O)(c4ccc(Cl)cc4)c4ccc(Cl)cc4)cc23)CC1. The summed E-state index contributed by atoms with van der Waals surface area (Å²) in [4.78, 5) is 14.5. The summed E-state index contributed by atoms with van der Waals surface area (Å²) in [5.41, 5.74) is 2.34. The molecule has 0 unspecified atom stereocenters. The van der Waals surface area contributed by atoms with Crippen molar-refractivity contribution in [3.8, 4) is 0 Å². The minimum atomic E-state index is -1.43. The first-order valence-electron chi connectivity index (χ1n) is 14.3. The summed E-state index contributed by atoms with van der Waals surface area (Å²) in [6.45, 7) is 6.91. The number of halogens is 2. The van der Waals surface area contributed by atoms with Gasteiger partial charge < -0.3 is 14.7 Å². The molecule has 1 aliphatic carbocycles. The molecule has 0 bridgehead atoms. The molecule has 8 heteroatoms. The number of hydrogen-bond acceptors (Lipinski definition) is 4. The predicted molar refractivity (Wildman–Crippen MR) is 163 cm³/mol. The molecule has 4 aromatic rings. The number of aliphatic hydroxyl groups is 1. The zero-order chi connectivity index (χ0) is 28.9. The van der Waals surface area contributed by atoms with Crippen LogP contribution in [-0.2, 0) is 10.3 Å². The Bertz CT molecular complexity index is 1520. The largest absolute Gasteiger partial charge is 0.444 e. The highest BCUT2D eigenvalue weighted by Crippen LogP contribution is 2.43. The number of piperidine rings is 1. The van der Waals surface area contributed by atoms with Gasteiger partial charge in [-0.05, 0) is 99.5 Å². The molecule has 1 aromatic heterocycles. The van der Waals surface area contributed by atoms with Crippen molar-refractivity contribution in [2.24, 2.45) is 0 Å². The summed E-state index contributed by atoms with van der Waals surface area (Å²) in [6, 6.07) is 21.2. The quantitative estimate of drug-likeness (QED) is 0.238. The molecule has 0 spiro atoms. The maximum absolute atomic E-state index is 12.7. The lowest BCUT2D eigenvalue weighted by atomic mass is 9.79. The number of benzene rings is 3. The van der Waals surface area contributed by atoms with Gasteiger partial charge in [-0.2, -0.15) is 5.10 Å². The summed E-state index contributed by atoms with van der Waals surface area (Å²) in [5.74, 6) is 0.200. The van der Waals surface area contributed by atoms with Gasteiger partial charge in [0.25, 0.3) is 0 Å². The van der Waals surface area contributed by atoms with Crippen LogP contribution in [0.3, 0.4) is 0 Å². The van der Waals surface area contributed by atoms with Crippen LogP contribution in [0.4, 0.5) is 4.79 Å². The fourth-order valence-electron chi connectivity index (χ4n) is 5.83. The number of carbonyl (C=O) groups is 1. The van der Waals surface area contributed by atoms with Gasteiger partial charge >= 0.3 is 6.09 Å². The standard InChI is InChI=1S/C33H35Cl2N3O3/c1-32(2,3)41-31(39)37-18-16-21(17-19-37)30-28-20-24(8-15-29(28)38(36-30)27-13-14-27)33(40,22-4-9-25(34)10-5-22)23-6-11-26(35)12-7-23/h4-12,15,20-21,27,40H,13-14,16-19H2,1-3H3. The van der Waals surface area contributed by atoms with Crippen molar-refractivity contribution in [2.75, 3.05) is 13.1 Å². The number of ether oxygens (including phenoxy) is 1. The summed E-state index contributed by atoms with van der Waals surface area (Å²) in [5, 5.41) is 19.9. The lowest BCUT2D eigenvalue weighted by Crippen LogP contribution is -2.41. The Balaban J connectivity index is 1.40. The Hall–Kier alpha value is -3.06. The Morgan fingerprint density at radius 3 is 1.90 bits per heavy atom. The van der Waals surface area contributed by atoms with Crippen LogP contribution in [0.25, 0.3) is 10.9 Å². The Morgan fingerprint density at radius 2 is 1.39 bits per heavy atom. The van der Waals surface area contributed by atoms with Crippen LogP contribution in [0, 0.1) is 0 Å². The Kier molecular flexibility index (Phi) is 7.29. The van der Waals surface area contributed by atoms with Crippen LogP contribution in [-0.4, -0.2) is 44.6 Å². The summed E-state index contributed by atoms with van der Waals surface area (Å²) in [6.07, 6.45) is 3.59. The fraction of sp³-hybridized carbons (Fsp3) is 0.394. The van der Waals surface area contributed by atoms with Crippen molar-refractivity contribution in [3.05, 3.63) is 99.2 Å². The zero-order valence-corrected chi connectivity index (χ0v) is 25.1. The van der Waals surface area contributed by atoms with Crippen molar-refractivity contribution >= 4 is 40.2 Å². The number of likely N-dealkylation sites (tertiary alicyclic amines) is 1. The summed E-state index contributed by atoms with van der Waals surface area (Å²) < 4.78 is 7.77. The highest BCUT2D eigenvalue weighted by Gasteiger charge is 2.37. The van der Waals surface area contributed by atoms with Crippen LogP contribution >= 0.6 is 23.2 Å². The van der Waals surface area contributed by atoms with E-state index in [2.05, 4.69) is 16.8 Å². The fourth-order valence-corrected chi connectivity index (χ4v) is 6.08. The van der Waals surface area contributed by atoms with Gasteiger partial charge in [0.05, 0.1) is 17.3 Å². The third-order valence-electron chi connectivity index (χ3n) is 8.10. The van der Waals surface area contributed by atoms with Gasteiger partial charge in [0.15, 0.2) is 0 Å². The smallest absolute Gasteiger partial charge is 0.410 e. The average molecular weight is 593 g/mol. The first-order chi connectivity index (χ1) is 19.5. The molecule has 2 aliphatic rings. The molecule has 0 radical (unpaired) electrons. The molecule has 1 amide bonds. The van der Waals surface area contributed by atoms with Crippen LogP contribution in [0.2, 0.25) is 10.0 Å². The minimum absolute atomic E-state index is 0.200. The van der Waals surface area contributed by atoms with Gasteiger partial charge in [-0.1, -0.05) is 53.5 Å². The summed E-state index contributed by atoms with van der Waals surface area (Å²) in [7, 11) is 0. The van der Waals surface area contributed by atoms with Gasteiger partial charge in [0, 0.05) is 34.4 Å². The van der Waals surface area contributed by atoms with Crippen molar-refractivity contribution in [1.82, 2.24) is 14.7 Å². The first-order valence-corrected chi connectivity index (χ1v) is 15.0. The molecule has 0 atom stereocenters. The van der Waals surface area contributed by atoms with E-state index < -0.39 is 11.2 Å². The molecule has 1 saturated heterocycles. The van der Waals surface area contributed by atoms with Crippen LogP contribution in [0.15, 0.2) is 66.7 Å². The maximum Gasteiger partial charge on any atom is 0.410 e. The molecule has 6 rings (SSSR count). The van der Waals surface area contributed by atoms with Crippen molar-refractivity contribution in [3.63, 3.8) is 0 Å². The van der Waals surface area contributed by atoms with Gasteiger partial charge in [0.2, 0.25) is 0 Å². The van der Waals surface area contributed by atoms with E-state index in [0.717, 1.165) is 47.8 Å². The second-order valence-electron chi connectivity index (χ2n) is 12.3. The third kappa shape index (κ3) is 5.57. The Morgan fingerprint density at radius 1 is 0.854 bits per heavy atom. The van der Waals surface area contributed by atoms with Gasteiger partial charge in [0.1, 0.15) is 11.2 Å². The van der Waals surface area contributed by atoms with Gasteiger partial charge in [-0.15, -0.1) is 0 Å². The van der Waals surface area contributed by atoms with Crippen molar-refractivity contribution in [1.29, 1.82) is 0 Å². The second kappa shape index (κ2) is 10.6. The molecular weight excluding hydrogens is 557 g/mol. The highest BCUT2D eigenvalue weighted by molar-refractivity contribution is 6.30. The number of amides is 1. The van der Waals surface area contributed by atoms with Crippen LogP contribution in [0.5, 0.6) is 0 Å². The highest BCUT2D eigenvalue weighted by atomic mass is 35.5. The van der Waals surface area contributed by atoms with Gasteiger partial charge in [-0.25, -0.2) is 4.79 Å². The average Bonchev–Trinajstić information content (AvgIpc) is 3.72. The number of fused-ring (bicyclic) bond motifs is 1. The van der Waals surface area contributed by atoms with Crippen LogP contribution in [0.1, 0.15) is 80.8 Å². The monoisotopic (exact) mass is 591 g/mol. The maximum atomic E-state index is 12.7. The molecule has 6 nitrogen and oxygen atoms in total. The molecule has 1 N–H and O–H groups in total. The molecule has 41 heavy (non-hydrogen) atoms. The van der Waals surface area contributed by atoms with E-state index >= 15 is 0 Å². The molecule has 3 aromatic carbocycles. The van der Waals surface area contributed by atoms with E-state index in [-0.39, 0.29) is 12.0 Å². The summed E-state index contributed by atoms with van der Waals surface area (Å²) >= 11 is 12.4. The van der Waals surface area contributed by atoms with E-state index in [9.17, 15) is 9.90 Å². The number of carbonyl (C=O) groups excluding carboxylic acids is 1. The minimum Gasteiger partial charge on any atom is -0.444 e. The third-order valence-corrected chi connectivity index (χ3v) is 8.61. The zero-order valence-electron chi connectivity index (χ0n) is 23.6. The topological polar surface area (TPSA) is 67.6 Å². The van der Waals surface area contributed by atoms with E-state index in [4.69, 9.17) is 33.0 Å². The molecule has 2 heterocycles. The predicted octanol–water partition coefficient (Wildman–Crippen LogP) is 8.08. The molecule has 1 aliphatic heterocycles. The molecule has 1 saturated carbocycles. The normalized spacial score (nSPS) is 16.8.